The van der Waals surface area contributed by atoms with E-state index < -0.39 is 11.7 Å². The Hall–Kier alpha value is -2.28. The van der Waals surface area contributed by atoms with E-state index in [1.54, 1.807) is 0 Å². The number of benzene rings is 1. The maximum absolute atomic E-state index is 12.7. The van der Waals surface area contributed by atoms with Crippen molar-refractivity contribution in [1.29, 1.82) is 0 Å². The molecule has 0 spiro atoms. The number of carbonyl (C=O) groups excluding carboxylic acids is 1. The maximum Gasteiger partial charge on any atom is 0.416 e. The van der Waals surface area contributed by atoms with Crippen LogP contribution in [0, 0.1) is 12.8 Å². The van der Waals surface area contributed by atoms with Gasteiger partial charge in [0.05, 0.1) is 17.5 Å². The number of carbonyl (C=O) groups is 1. The number of halogens is 3. The van der Waals surface area contributed by atoms with Gasteiger partial charge in [0.25, 0.3) is 0 Å². The molecular weight excluding hydrogens is 345 g/mol. The van der Waals surface area contributed by atoms with Crippen molar-refractivity contribution in [3.05, 3.63) is 59.0 Å². The van der Waals surface area contributed by atoms with Crippen LogP contribution >= 0.6 is 0 Å². The summed E-state index contributed by atoms with van der Waals surface area (Å²) < 4.78 is 43.7. The normalized spacial score (nSPS) is 21.6. The van der Waals surface area contributed by atoms with Crippen LogP contribution in [0.25, 0.3) is 0 Å². The number of hydrogen-bond donors (Lipinski definition) is 2. The Balaban J connectivity index is 1.70. The van der Waals surface area contributed by atoms with Crippen molar-refractivity contribution in [2.24, 2.45) is 5.92 Å². The van der Waals surface area contributed by atoms with Crippen molar-refractivity contribution in [1.82, 2.24) is 10.6 Å². The Kier molecular flexibility index (Phi) is 5.09. The predicted octanol–water partition coefficient (Wildman–Crippen LogP) is 3.79. The molecular formula is C19H21F3N2O2. The van der Waals surface area contributed by atoms with Crippen LogP contribution in [0.5, 0.6) is 0 Å². The van der Waals surface area contributed by atoms with E-state index >= 15 is 0 Å². The molecule has 1 aromatic heterocycles. The Morgan fingerprint density at radius 3 is 2.46 bits per heavy atom. The lowest BCUT2D eigenvalue weighted by molar-refractivity contribution is -0.137. The molecule has 1 aliphatic rings. The second kappa shape index (κ2) is 7.15. The van der Waals surface area contributed by atoms with E-state index in [-0.39, 0.29) is 23.8 Å². The molecule has 2 N–H and O–H groups in total. The van der Waals surface area contributed by atoms with E-state index in [1.807, 2.05) is 26.0 Å². The van der Waals surface area contributed by atoms with Crippen molar-refractivity contribution in [3.8, 4) is 0 Å². The summed E-state index contributed by atoms with van der Waals surface area (Å²) in [6.07, 6.45) is -4.36. The van der Waals surface area contributed by atoms with Gasteiger partial charge in [0.2, 0.25) is 5.91 Å². The van der Waals surface area contributed by atoms with Crippen LogP contribution in [-0.2, 0) is 11.0 Å². The van der Waals surface area contributed by atoms with Gasteiger partial charge in [-0.05, 0) is 43.7 Å². The molecule has 0 radical (unpaired) electrons. The van der Waals surface area contributed by atoms with Gasteiger partial charge < -0.3 is 15.1 Å². The van der Waals surface area contributed by atoms with Crippen molar-refractivity contribution in [2.45, 2.75) is 32.0 Å². The van der Waals surface area contributed by atoms with E-state index in [1.165, 1.54) is 12.1 Å². The minimum absolute atomic E-state index is 0.138. The van der Waals surface area contributed by atoms with Crippen LogP contribution < -0.4 is 10.6 Å². The number of aryl methyl sites for hydroxylation is 1. The molecule has 1 amide bonds. The molecule has 3 atom stereocenters. The monoisotopic (exact) mass is 366 g/mol. The molecule has 2 heterocycles. The van der Waals surface area contributed by atoms with Gasteiger partial charge in [-0.15, -0.1) is 0 Å². The second-order valence-corrected chi connectivity index (χ2v) is 6.67. The Labute approximate surface area is 149 Å². The summed E-state index contributed by atoms with van der Waals surface area (Å²) in [5.74, 6) is 0.800. The summed E-state index contributed by atoms with van der Waals surface area (Å²) in [6.45, 7) is 4.71. The van der Waals surface area contributed by atoms with E-state index in [9.17, 15) is 18.0 Å². The first kappa shape index (κ1) is 18.5. The number of furan rings is 1. The third-order valence-electron chi connectivity index (χ3n) is 4.76. The molecule has 4 nitrogen and oxygen atoms in total. The van der Waals surface area contributed by atoms with Crippen LogP contribution in [0.2, 0.25) is 0 Å². The Morgan fingerprint density at radius 1 is 1.19 bits per heavy atom. The molecule has 0 bridgehead atoms. The average molecular weight is 366 g/mol. The molecule has 140 valence electrons. The van der Waals surface area contributed by atoms with Gasteiger partial charge in [0, 0.05) is 19.0 Å². The van der Waals surface area contributed by atoms with Gasteiger partial charge in [-0.1, -0.05) is 12.1 Å². The lowest BCUT2D eigenvalue weighted by atomic mass is 9.87. The zero-order chi connectivity index (χ0) is 18.9. The van der Waals surface area contributed by atoms with Gasteiger partial charge in [-0.25, -0.2) is 0 Å². The molecule has 0 aliphatic carbocycles. The fraction of sp³-hybridized carbons (Fsp3) is 0.421. The SMILES string of the molecule is Cc1ccc([C@H](C)NC(=O)[C@@H]2CNC[C@H]2c2ccc(C(F)(F)F)cc2)o1. The number of rotatable bonds is 4. The quantitative estimate of drug-likeness (QED) is 0.866. The van der Waals surface area contributed by atoms with Crippen molar-refractivity contribution in [2.75, 3.05) is 13.1 Å². The number of amides is 1. The third-order valence-corrected chi connectivity index (χ3v) is 4.76. The van der Waals surface area contributed by atoms with Gasteiger partial charge in [-0.3, -0.25) is 4.79 Å². The molecule has 26 heavy (non-hydrogen) atoms. The molecule has 1 fully saturated rings. The van der Waals surface area contributed by atoms with Crippen molar-refractivity contribution < 1.29 is 22.4 Å². The Bertz CT molecular complexity index is 768. The highest BCUT2D eigenvalue weighted by atomic mass is 19.4. The fourth-order valence-corrected chi connectivity index (χ4v) is 3.30. The molecule has 0 unspecified atom stereocenters. The second-order valence-electron chi connectivity index (χ2n) is 6.67. The third kappa shape index (κ3) is 3.93. The topological polar surface area (TPSA) is 54.3 Å². The summed E-state index contributed by atoms with van der Waals surface area (Å²) in [6, 6.07) is 8.43. The molecule has 7 heteroatoms. The van der Waals surface area contributed by atoms with Gasteiger partial charge in [0.15, 0.2) is 0 Å². The van der Waals surface area contributed by atoms with Crippen LogP contribution in [0.3, 0.4) is 0 Å². The number of nitrogens with one attached hydrogen (secondary N) is 2. The maximum atomic E-state index is 12.7. The summed E-state index contributed by atoms with van der Waals surface area (Å²) in [7, 11) is 0. The van der Waals surface area contributed by atoms with Crippen molar-refractivity contribution >= 4 is 5.91 Å². The lowest BCUT2D eigenvalue weighted by Gasteiger charge is -2.21. The summed E-state index contributed by atoms with van der Waals surface area (Å²) in [5, 5.41) is 6.09. The van der Waals surface area contributed by atoms with Crippen LogP contribution in [0.1, 0.15) is 41.5 Å². The predicted molar refractivity (Wildman–Crippen MR) is 90.5 cm³/mol. The summed E-state index contributed by atoms with van der Waals surface area (Å²) >= 11 is 0. The van der Waals surface area contributed by atoms with Crippen LogP contribution in [0.4, 0.5) is 13.2 Å². The van der Waals surface area contributed by atoms with Gasteiger partial charge in [0.1, 0.15) is 11.5 Å². The highest BCUT2D eigenvalue weighted by molar-refractivity contribution is 5.80. The molecule has 2 aromatic rings. The minimum Gasteiger partial charge on any atom is -0.464 e. The van der Waals surface area contributed by atoms with E-state index in [0.29, 0.717) is 18.8 Å². The number of hydrogen-bond acceptors (Lipinski definition) is 3. The zero-order valence-electron chi connectivity index (χ0n) is 14.6. The Morgan fingerprint density at radius 2 is 1.88 bits per heavy atom. The highest BCUT2D eigenvalue weighted by Crippen LogP contribution is 2.33. The van der Waals surface area contributed by atoms with E-state index in [4.69, 9.17) is 4.42 Å². The first-order valence-corrected chi connectivity index (χ1v) is 8.50. The molecule has 1 aliphatic heterocycles. The van der Waals surface area contributed by atoms with E-state index in [0.717, 1.165) is 23.5 Å². The smallest absolute Gasteiger partial charge is 0.416 e. The largest absolute Gasteiger partial charge is 0.464 e. The standard InChI is InChI=1S/C19H21F3N2O2/c1-11-3-8-17(26-11)12(2)24-18(25)16-10-23-9-15(16)13-4-6-14(7-5-13)19(20,21)22/h3-8,12,15-16,23H,9-10H2,1-2H3,(H,24,25)/t12-,15-,16+/m0/s1. The van der Waals surface area contributed by atoms with Crippen molar-refractivity contribution in [3.63, 3.8) is 0 Å². The zero-order valence-corrected chi connectivity index (χ0v) is 14.6. The van der Waals surface area contributed by atoms with Crippen LogP contribution in [-0.4, -0.2) is 19.0 Å². The minimum atomic E-state index is -4.36. The summed E-state index contributed by atoms with van der Waals surface area (Å²) in [5.41, 5.74) is 0.0414. The molecule has 3 rings (SSSR count). The van der Waals surface area contributed by atoms with Gasteiger partial charge in [-0.2, -0.15) is 13.2 Å². The average Bonchev–Trinajstić information content (AvgIpc) is 3.23. The van der Waals surface area contributed by atoms with Gasteiger partial charge >= 0.3 is 6.18 Å². The number of alkyl halides is 3. The lowest BCUT2D eigenvalue weighted by Crippen LogP contribution is -2.35. The first-order chi connectivity index (χ1) is 12.3. The summed E-state index contributed by atoms with van der Waals surface area (Å²) in [4.78, 5) is 12.7. The molecule has 1 aromatic carbocycles. The van der Waals surface area contributed by atoms with E-state index in [2.05, 4.69) is 10.6 Å². The molecule has 0 saturated carbocycles. The van der Waals surface area contributed by atoms with Crippen LogP contribution in [0.15, 0.2) is 40.8 Å². The highest BCUT2D eigenvalue weighted by Gasteiger charge is 2.36. The molecule has 1 saturated heterocycles. The first-order valence-electron chi connectivity index (χ1n) is 8.50. The fourth-order valence-electron chi connectivity index (χ4n) is 3.30.